The first-order valence-corrected chi connectivity index (χ1v) is 10.5. The van der Waals surface area contributed by atoms with Crippen molar-refractivity contribution in [2.24, 2.45) is 10.7 Å². The lowest BCUT2D eigenvalue weighted by atomic mass is 9.95. The van der Waals surface area contributed by atoms with Crippen LogP contribution in [-0.2, 0) is 17.9 Å². The van der Waals surface area contributed by atoms with Crippen molar-refractivity contribution in [3.63, 3.8) is 0 Å². The first-order chi connectivity index (χ1) is 15.4. The maximum Gasteiger partial charge on any atom is 0.248 e. The summed E-state index contributed by atoms with van der Waals surface area (Å²) >= 11 is 0. The molecule has 162 valence electrons. The maximum atomic E-state index is 12.6. The number of aliphatic imine (C=N–C) groups is 1. The molecule has 1 aliphatic rings. The molecule has 0 aliphatic carbocycles. The predicted molar refractivity (Wildman–Crippen MR) is 127 cm³/mol. The van der Waals surface area contributed by atoms with E-state index in [1.165, 1.54) is 11.1 Å². The van der Waals surface area contributed by atoms with Gasteiger partial charge in [-0.15, -0.1) is 0 Å². The van der Waals surface area contributed by atoms with Crippen molar-refractivity contribution in [1.29, 1.82) is 0 Å². The van der Waals surface area contributed by atoms with Crippen LogP contribution < -0.4 is 11.1 Å². The molecule has 1 atom stereocenters. The maximum absolute atomic E-state index is 12.6. The fraction of sp³-hybridized carbons (Fsp3) is 0.192. The third kappa shape index (κ3) is 4.76. The Morgan fingerprint density at radius 2 is 1.66 bits per heavy atom. The molecule has 6 nitrogen and oxygen atoms in total. The Balaban J connectivity index is 1.45. The second-order valence-electron chi connectivity index (χ2n) is 8.17. The highest BCUT2D eigenvalue weighted by molar-refractivity contribution is 6.18. The van der Waals surface area contributed by atoms with E-state index in [9.17, 15) is 9.59 Å². The van der Waals surface area contributed by atoms with Gasteiger partial charge in [-0.3, -0.25) is 19.5 Å². The summed E-state index contributed by atoms with van der Waals surface area (Å²) in [5.74, 6) is -1.16. The van der Waals surface area contributed by atoms with Gasteiger partial charge in [0.15, 0.2) is 0 Å². The zero-order chi connectivity index (χ0) is 22.7. The van der Waals surface area contributed by atoms with Gasteiger partial charge in [-0.05, 0) is 54.9 Å². The van der Waals surface area contributed by atoms with Crippen LogP contribution in [0, 0.1) is 0 Å². The zero-order valence-electron chi connectivity index (χ0n) is 18.2. The first kappa shape index (κ1) is 21.5. The number of nitrogens with one attached hydrogen (secondary N) is 1. The molecule has 3 aromatic carbocycles. The summed E-state index contributed by atoms with van der Waals surface area (Å²) in [5, 5.41) is 2.83. The quantitative estimate of drug-likeness (QED) is 0.554. The average molecular weight is 427 g/mol. The number of carbonyl (C=O) groups excluding carboxylic acids is 2. The van der Waals surface area contributed by atoms with E-state index in [1.54, 1.807) is 18.2 Å². The standard InChI is InChI=1S/C26H26N4O2/c1-17(24-22-13-10-20(25(27)31)14-23(22)29-26(24)32)28-21-11-8-19(9-12-21)16-30(2)15-18-6-4-3-5-7-18/h3-14,24H,15-16H2,1-2H3,(H2,27,31)(H,29,32). The van der Waals surface area contributed by atoms with Crippen LogP contribution in [0.4, 0.5) is 11.4 Å². The van der Waals surface area contributed by atoms with Gasteiger partial charge in [0.1, 0.15) is 5.92 Å². The molecular formula is C26H26N4O2. The van der Waals surface area contributed by atoms with Crippen LogP contribution in [-0.4, -0.2) is 29.5 Å². The number of primary amides is 1. The highest BCUT2D eigenvalue weighted by Crippen LogP contribution is 2.35. The minimum absolute atomic E-state index is 0.151. The van der Waals surface area contributed by atoms with E-state index < -0.39 is 11.8 Å². The van der Waals surface area contributed by atoms with Gasteiger partial charge in [0, 0.05) is 30.1 Å². The van der Waals surface area contributed by atoms with Crippen molar-refractivity contribution in [3.05, 3.63) is 95.1 Å². The van der Waals surface area contributed by atoms with E-state index in [1.807, 2.05) is 25.1 Å². The van der Waals surface area contributed by atoms with Gasteiger partial charge < -0.3 is 11.1 Å². The number of amides is 2. The SMILES string of the molecule is CC(=Nc1ccc(CN(C)Cc2ccccc2)cc1)C1C(=O)Nc2cc(C(N)=O)ccc21. The topological polar surface area (TPSA) is 87.8 Å². The number of nitrogens with two attached hydrogens (primary N) is 1. The number of rotatable bonds is 7. The highest BCUT2D eigenvalue weighted by Gasteiger charge is 2.33. The van der Waals surface area contributed by atoms with E-state index in [-0.39, 0.29) is 5.91 Å². The number of nitrogens with zero attached hydrogens (tertiary/aromatic N) is 2. The summed E-state index contributed by atoms with van der Waals surface area (Å²) in [6, 6.07) is 23.5. The molecule has 6 heteroatoms. The molecule has 0 saturated heterocycles. The molecule has 2 amide bonds. The number of anilines is 1. The number of benzene rings is 3. The second-order valence-corrected chi connectivity index (χ2v) is 8.17. The van der Waals surface area contributed by atoms with Crippen LogP contribution in [0.3, 0.4) is 0 Å². The number of fused-ring (bicyclic) bond motifs is 1. The Morgan fingerprint density at radius 3 is 2.31 bits per heavy atom. The smallest absolute Gasteiger partial charge is 0.248 e. The molecule has 1 unspecified atom stereocenters. The van der Waals surface area contributed by atoms with E-state index >= 15 is 0 Å². The van der Waals surface area contributed by atoms with Gasteiger partial charge in [0.25, 0.3) is 0 Å². The molecule has 0 bridgehead atoms. The predicted octanol–water partition coefficient (Wildman–Crippen LogP) is 4.25. The van der Waals surface area contributed by atoms with Crippen LogP contribution in [0.25, 0.3) is 0 Å². The van der Waals surface area contributed by atoms with Gasteiger partial charge in [0.2, 0.25) is 11.8 Å². The lowest BCUT2D eigenvalue weighted by molar-refractivity contribution is -0.115. The summed E-state index contributed by atoms with van der Waals surface area (Å²) in [5.41, 5.74) is 11.1. The number of carbonyl (C=O) groups is 2. The summed E-state index contributed by atoms with van der Waals surface area (Å²) < 4.78 is 0. The van der Waals surface area contributed by atoms with Crippen molar-refractivity contribution in [2.45, 2.75) is 25.9 Å². The fourth-order valence-corrected chi connectivity index (χ4v) is 4.04. The van der Waals surface area contributed by atoms with Crippen molar-refractivity contribution < 1.29 is 9.59 Å². The third-order valence-electron chi connectivity index (χ3n) is 5.58. The molecule has 3 aromatic rings. The van der Waals surface area contributed by atoms with E-state index in [0.717, 1.165) is 24.3 Å². The molecule has 0 saturated carbocycles. The van der Waals surface area contributed by atoms with Crippen molar-refractivity contribution in [1.82, 2.24) is 4.90 Å². The van der Waals surface area contributed by atoms with Gasteiger partial charge >= 0.3 is 0 Å². The molecule has 0 aromatic heterocycles. The molecule has 0 fully saturated rings. The third-order valence-corrected chi connectivity index (χ3v) is 5.58. The van der Waals surface area contributed by atoms with Crippen molar-refractivity contribution >= 4 is 28.9 Å². The zero-order valence-corrected chi connectivity index (χ0v) is 18.2. The van der Waals surface area contributed by atoms with Crippen LogP contribution in [0.5, 0.6) is 0 Å². The van der Waals surface area contributed by atoms with Gasteiger partial charge in [-0.25, -0.2) is 0 Å². The molecular weight excluding hydrogens is 400 g/mol. The number of hydrogen-bond acceptors (Lipinski definition) is 4. The summed E-state index contributed by atoms with van der Waals surface area (Å²) in [4.78, 5) is 30.9. The Hall–Kier alpha value is -3.77. The van der Waals surface area contributed by atoms with Gasteiger partial charge in [-0.2, -0.15) is 0 Å². The first-order valence-electron chi connectivity index (χ1n) is 10.5. The second kappa shape index (κ2) is 9.16. The largest absolute Gasteiger partial charge is 0.366 e. The summed E-state index contributed by atoms with van der Waals surface area (Å²) in [6.45, 7) is 3.56. The van der Waals surface area contributed by atoms with E-state index in [0.29, 0.717) is 17.0 Å². The Labute approximate surface area is 187 Å². The molecule has 0 spiro atoms. The summed E-state index contributed by atoms with van der Waals surface area (Å²) in [6.07, 6.45) is 0. The van der Waals surface area contributed by atoms with Crippen LogP contribution >= 0.6 is 0 Å². The molecule has 1 heterocycles. The molecule has 1 aliphatic heterocycles. The average Bonchev–Trinajstić information content (AvgIpc) is 3.10. The normalized spacial score (nSPS) is 15.5. The van der Waals surface area contributed by atoms with E-state index in [4.69, 9.17) is 5.73 Å². The lowest BCUT2D eigenvalue weighted by Crippen LogP contribution is -2.18. The van der Waals surface area contributed by atoms with Crippen LogP contribution in [0.1, 0.15) is 39.9 Å². The monoisotopic (exact) mass is 426 g/mol. The van der Waals surface area contributed by atoms with Gasteiger partial charge in [-0.1, -0.05) is 48.5 Å². The fourth-order valence-electron chi connectivity index (χ4n) is 4.04. The molecule has 3 N–H and O–H groups in total. The van der Waals surface area contributed by atoms with E-state index in [2.05, 4.69) is 58.7 Å². The minimum Gasteiger partial charge on any atom is -0.366 e. The Kier molecular flexibility index (Phi) is 6.14. The molecule has 32 heavy (non-hydrogen) atoms. The van der Waals surface area contributed by atoms with Gasteiger partial charge in [0.05, 0.1) is 5.69 Å². The Morgan fingerprint density at radius 1 is 1.00 bits per heavy atom. The Bertz CT molecular complexity index is 1170. The van der Waals surface area contributed by atoms with Crippen LogP contribution in [0.2, 0.25) is 0 Å². The van der Waals surface area contributed by atoms with Crippen molar-refractivity contribution in [2.75, 3.05) is 12.4 Å². The van der Waals surface area contributed by atoms with Crippen LogP contribution in [0.15, 0.2) is 77.8 Å². The molecule has 0 radical (unpaired) electrons. The highest BCUT2D eigenvalue weighted by atomic mass is 16.2. The van der Waals surface area contributed by atoms with Crippen molar-refractivity contribution in [3.8, 4) is 0 Å². The lowest BCUT2D eigenvalue weighted by Gasteiger charge is -2.17. The molecule has 4 rings (SSSR count). The summed E-state index contributed by atoms with van der Waals surface area (Å²) in [7, 11) is 2.10. The number of hydrogen-bond donors (Lipinski definition) is 2. The minimum atomic E-state index is -0.523.